The van der Waals surface area contributed by atoms with Gasteiger partial charge in [0.05, 0.1) is 6.10 Å². The Morgan fingerprint density at radius 3 is 2.95 bits per heavy atom. The molecule has 0 aliphatic heterocycles. The molecule has 2 nitrogen and oxygen atoms in total. The van der Waals surface area contributed by atoms with Gasteiger partial charge >= 0.3 is 0 Å². The topological polar surface area (TPSA) is 37.3 Å². The molecule has 108 valence electrons. The van der Waals surface area contributed by atoms with Crippen LogP contribution >= 0.6 is 0 Å². The number of hydrogen-bond acceptors (Lipinski definition) is 2. The second-order valence-corrected chi connectivity index (χ2v) is 7.46. The Kier molecular flexibility index (Phi) is 2.76. The molecule has 4 aliphatic carbocycles. The SMILES string of the molecule is C[C@]12CC[C@H]3C(=CCC4=C3CCC(O)C4)[C@@H]1CCC2=O. The number of Topliss-reactive ketones (excluding diaryl/α,β-unsaturated/α-hetero) is 1. The van der Waals surface area contributed by atoms with Crippen LogP contribution in [0.2, 0.25) is 0 Å². The number of carbonyl (C=O) groups excluding carboxylic acids is 1. The van der Waals surface area contributed by atoms with Gasteiger partial charge in [-0.3, -0.25) is 4.79 Å². The van der Waals surface area contributed by atoms with Crippen LogP contribution in [-0.2, 0) is 4.79 Å². The Balaban J connectivity index is 1.68. The summed E-state index contributed by atoms with van der Waals surface area (Å²) in [7, 11) is 0. The molecule has 1 unspecified atom stereocenters. The van der Waals surface area contributed by atoms with E-state index in [0.717, 1.165) is 51.4 Å². The van der Waals surface area contributed by atoms with Crippen molar-refractivity contribution in [3.63, 3.8) is 0 Å². The van der Waals surface area contributed by atoms with Crippen molar-refractivity contribution in [2.24, 2.45) is 17.3 Å². The summed E-state index contributed by atoms with van der Waals surface area (Å²) in [5.41, 5.74) is 4.66. The molecule has 0 aromatic rings. The molecule has 1 N–H and O–H groups in total. The van der Waals surface area contributed by atoms with E-state index in [1.165, 1.54) is 5.57 Å². The lowest BCUT2D eigenvalue weighted by atomic mass is 9.58. The van der Waals surface area contributed by atoms with Crippen LogP contribution in [0.5, 0.6) is 0 Å². The Morgan fingerprint density at radius 2 is 2.10 bits per heavy atom. The molecule has 0 radical (unpaired) electrons. The number of hydrogen-bond donors (Lipinski definition) is 1. The monoisotopic (exact) mass is 272 g/mol. The minimum atomic E-state index is -0.120. The van der Waals surface area contributed by atoms with Crippen molar-refractivity contribution in [2.45, 2.75) is 64.4 Å². The Bertz CT molecular complexity index is 528. The van der Waals surface area contributed by atoms with Gasteiger partial charge in [0.2, 0.25) is 0 Å². The van der Waals surface area contributed by atoms with Gasteiger partial charge in [-0.2, -0.15) is 0 Å². The van der Waals surface area contributed by atoms with Crippen LogP contribution < -0.4 is 0 Å². The molecular formula is C18H24O2. The molecule has 0 amide bonds. The zero-order valence-electron chi connectivity index (χ0n) is 12.3. The van der Waals surface area contributed by atoms with Crippen molar-refractivity contribution in [1.29, 1.82) is 0 Å². The largest absolute Gasteiger partial charge is 0.393 e. The van der Waals surface area contributed by atoms with E-state index in [1.54, 1.807) is 11.1 Å². The first kappa shape index (κ1) is 12.8. The minimum Gasteiger partial charge on any atom is -0.393 e. The highest BCUT2D eigenvalue weighted by Crippen LogP contribution is 2.58. The van der Waals surface area contributed by atoms with Crippen LogP contribution in [-0.4, -0.2) is 17.0 Å². The average Bonchev–Trinajstić information content (AvgIpc) is 2.74. The van der Waals surface area contributed by atoms with Gasteiger partial charge in [-0.05, 0) is 50.9 Å². The summed E-state index contributed by atoms with van der Waals surface area (Å²) in [5, 5.41) is 9.87. The molecule has 2 heteroatoms. The fraction of sp³-hybridized carbons (Fsp3) is 0.722. The van der Waals surface area contributed by atoms with Crippen LogP contribution in [0.3, 0.4) is 0 Å². The van der Waals surface area contributed by atoms with Crippen molar-refractivity contribution in [1.82, 2.24) is 0 Å². The lowest BCUT2D eigenvalue weighted by molar-refractivity contribution is -0.127. The number of rotatable bonds is 0. The summed E-state index contributed by atoms with van der Waals surface area (Å²) in [6.07, 6.45) is 10.3. The van der Waals surface area contributed by atoms with Crippen LogP contribution in [0, 0.1) is 17.3 Å². The summed E-state index contributed by atoms with van der Waals surface area (Å²) in [4.78, 5) is 12.3. The Hall–Kier alpha value is -0.890. The average molecular weight is 272 g/mol. The second kappa shape index (κ2) is 4.30. The zero-order valence-corrected chi connectivity index (χ0v) is 12.3. The van der Waals surface area contributed by atoms with Crippen LogP contribution in [0.1, 0.15) is 58.3 Å². The summed E-state index contributed by atoms with van der Waals surface area (Å²) in [6.45, 7) is 2.21. The van der Waals surface area contributed by atoms with Crippen molar-refractivity contribution in [2.75, 3.05) is 0 Å². The standard InChI is InChI=1S/C18H24O2/c1-18-9-8-14-13-5-3-12(19)10-11(13)2-4-15(14)16(18)6-7-17(18)20/h4,12,14,16,19H,2-3,5-10H2,1H3/t12?,14-,16+,18+/m1/s1. The van der Waals surface area contributed by atoms with Crippen molar-refractivity contribution in [3.05, 3.63) is 22.8 Å². The minimum absolute atomic E-state index is 0.0609. The molecule has 4 atom stereocenters. The highest BCUT2D eigenvalue weighted by molar-refractivity contribution is 5.88. The van der Waals surface area contributed by atoms with Gasteiger partial charge in [0.25, 0.3) is 0 Å². The lowest BCUT2D eigenvalue weighted by Crippen LogP contribution is -2.39. The number of aliphatic hydroxyl groups excluding tert-OH is 1. The van der Waals surface area contributed by atoms with Crippen LogP contribution in [0.15, 0.2) is 22.8 Å². The highest BCUT2D eigenvalue weighted by Gasteiger charge is 2.52. The van der Waals surface area contributed by atoms with E-state index in [4.69, 9.17) is 0 Å². The zero-order chi connectivity index (χ0) is 13.9. The van der Waals surface area contributed by atoms with E-state index >= 15 is 0 Å². The molecule has 2 fully saturated rings. The van der Waals surface area contributed by atoms with E-state index in [0.29, 0.717) is 17.6 Å². The lowest BCUT2D eigenvalue weighted by Gasteiger charge is -2.45. The Labute approximate surface area is 120 Å². The quantitative estimate of drug-likeness (QED) is 0.685. The van der Waals surface area contributed by atoms with Crippen molar-refractivity contribution in [3.8, 4) is 0 Å². The maximum Gasteiger partial charge on any atom is 0.139 e. The first-order valence-corrected chi connectivity index (χ1v) is 8.21. The molecule has 0 aromatic carbocycles. The first-order valence-electron chi connectivity index (χ1n) is 8.21. The fourth-order valence-electron chi connectivity index (χ4n) is 5.33. The maximum atomic E-state index is 12.3. The van der Waals surface area contributed by atoms with Gasteiger partial charge in [-0.15, -0.1) is 0 Å². The number of aliphatic hydroxyl groups is 1. The van der Waals surface area contributed by atoms with E-state index < -0.39 is 0 Å². The predicted octanol–water partition coefficient (Wildman–Crippen LogP) is 3.55. The molecule has 20 heavy (non-hydrogen) atoms. The van der Waals surface area contributed by atoms with Gasteiger partial charge in [-0.1, -0.05) is 29.7 Å². The van der Waals surface area contributed by atoms with E-state index in [2.05, 4.69) is 13.0 Å². The highest BCUT2D eigenvalue weighted by atomic mass is 16.3. The molecular weight excluding hydrogens is 248 g/mol. The summed E-state index contributed by atoms with van der Waals surface area (Å²) in [5.74, 6) is 1.62. The molecule has 0 aromatic heterocycles. The maximum absolute atomic E-state index is 12.3. The van der Waals surface area contributed by atoms with Gasteiger partial charge in [0.15, 0.2) is 0 Å². The number of allylic oxidation sites excluding steroid dienone is 3. The molecule has 0 bridgehead atoms. The number of carbonyl (C=O) groups is 1. The smallest absolute Gasteiger partial charge is 0.139 e. The van der Waals surface area contributed by atoms with Crippen LogP contribution in [0.25, 0.3) is 0 Å². The summed E-state index contributed by atoms with van der Waals surface area (Å²) >= 11 is 0. The summed E-state index contributed by atoms with van der Waals surface area (Å²) in [6, 6.07) is 0. The van der Waals surface area contributed by atoms with Gasteiger partial charge in [0.1, 0.15) is 5.78 Å². The molecule has 0 saturated heterocycles. The Morgan fingerprint density at radius 1 is 1.25 bits per heavy atom. The molecule has 0 heterocycles. The van der Waals surface area contributed by atoms with Gasteiger partial charge < -0.3 is 5.11 Å². The van der Waals surface area contributed by atoms with E-state index in [1.807, 2.05) is 0 Å². The third kappa shape index (κ3) is 1.64. The molecule has 4 rings (SSSR count). The van der Waals surface area contributed by atoms with Crippen molar-refractivity contribution < 1.29 is 9.90 Å². The summed E-state index contributed by atoms with van der Waals surface area (Å²) < 4.78 is 0. The predicted molar refractivity (Wildman–Crippen MR) is 78.1 cm³/mol. The van der Waals surface area contributed by atoms with Crippen LogP contribution in [0.4, 0.5) is 0 Å². The number of fused-ring (bicyclic) bond motifs is 4. The van der Waals surface area contributed by atoms with Crippen molar-refractivity contribution >= 4 is 5.78 Å². The van der Waals surface area contributed by atoms with E-state index in [9.17, 15) is 9.90 Å². The molecule has 0 spiro atoms. The van der Waals surface area contributed by atoms with Gasteiger partial charge in [-0.25, -0.2) is 0 Å². The normalized spacial score (nSPS) is 43.8. The third-order valence-electron chi connectivity index (χ3n) is 6.51. The number of ketones is 1. The van der Waals surface area contributed by atoms with E-state index in [-0.39, 0.29) is 11.5 Å². The van der Waals surface area contributed by atoms with Gasteiger partial charge in [0, 0.05) is 17.8 Å². The first-order chi connectivity index (χ1) is 9.59. The molecule has 4 aliphatic rings. The second-order valence-electron chi connectivity index (χ2n) is 7.46. The molecule has 2 saturated carbocycles. The third-order valence-corrected chi connectivity index (χ3v) is 6.51. The fourth-order valence-corrected chi connectivity index (χ4v) is 5.33.